The zero-order chi connectivity index (χ0) is 19.0. The lowest BCUT2D eigenvalue weighted by Gasteiger charge is -2.24. The number of aromatic nitrogens is 1. The van der Waals surface area contributed by atoms with Crippen molar-refractivity contribution in [1.29, 1.82) is 0 Å². The highest BCUT2D eigenvalue weighted by Gasteiger charge is 2.16. The van der Waals surface area contributed by atoms with Crippen LogP contribution in [0.1, 0.15) is 26.5 Å². The average Bonchev–Trinajstić information content (AvgIpc) is 3.13. The predicted molar refractivity (Wildman–Crippen MR) is 108 cm³/mol. The van der Waals surface area contributed by atoms with Gasteiger partial charge < -0.3 is 20.1 Å². The van der Waals surface area contributed by atoms with E-state index < -0.39 is 0 Å². The molecule has 1 aromatic carbocycles. The Bertz CT molecular complexity index is 711. The van der Waals surface area contributed by atoms with Crippen LogP contribution in [0, 0.1) is 0 Å². The average molecular weight is 377 g/mol. The van der Waals surface area contributed by atoms with Crippen molar-refractivity contribution >= 4 is 17.3 Å². The lowest BCUT2D eigenvalue weighted by molar-refractivity contribution is 0.0268. The van der Waals surface area contributed by atoms with Crippen LogP contribution in [-0.4, -0.2) is 43.9 Å². The summed E-state index contributed by atoms with van der Waals surface area (Å²) in [6.45, 7) is 8.10. The molecule has 0 atom stereocenters. The smallest absolute Gasteiger partial charge is 0.191 e. The topological polar surface area (TPSA) is 67.8 Å². The van der Waals surface area contributed by atoms with Gasteiger partial charge in [0.05, 0.1) is 24.9 Å². The summed E-state index contributed by atoms with van der Waals surface area (Å²) in [5, 5.41) is 9.58. The second-order valence-corrected chi connectivity index (χ2v) is 7.24. The molecule has 26 heavy (non-hydrogen) atoms. The quantitative estimate of drug-likeness (QED) is 0.547. The number of nitrogens with zero attached hydrogens (tertiary/aromatic N) is 2. The maximum absolute atomic E-state index is 5.43. The van der Waals surface area contributed by atoms with Crippen LogP contribution in [0.4, 0.5) is 0 Å². The van der Waals surface area contributed by atoms with Crippen LogP contribution in [0.25, 0.3) is 10.6 Å². The molecular formula is C19H28N4O2S. The molecule has 0 amide bonds. The molecule has 0 fully saturated rings. The first-order chi connectivity index (χ1) is 12.5. The number of ether oxygens (including phenoxy) is 2. The van der Waals surface area contributed by atoms with Gasteiger partial charge in [0.25, 0.3) is 0 Å². The number of hydrogen-bond donors (Lipinski definition) is 2. The maximum atomic E-state index is 5.43. The summed E-state index contributed by atoms with van der Waals surface area (Å²) in [5.41, 5.74) is 1.78. The van der Waals surface area contributed by atoms with Crippen LogP contribution in [0.15, 0.2) is 34.6 Å². The normalized spacial score (nSPS) is 12.1. The fourth-order valence-electron chi connectivity index (χ4n) is 2.12. The third-order valence-electron chi connectivity index (χ3n) is 3.87. The van der Waals surface area contributed by atoms with Gasteiger partial charge in [0, 0.05) is 31.1 Å². The van der Waals surface area contributed by atoms with Gasteiger partial charge in [0.2, 0.25) is 0 Å². The summed E-state index contributed by atoms with van der Waals surface area (Å²) >= 11 is 1.62. The third-order valence-corrected chi connectivity index (χ3v) is 4.81. The number of benzene rings is 1. The van der Waals surface area contributed by atoms with E-state index in [9.17, 15) is 0 Å². The minimum Gasteiger partial charge on any atom is -0.497 e. The van der Waals surface area contributed by atoms with Gasteiger partial charge in [-0.05, 0) is 45.0 Å². The molecule has 0 radical (unpaired) electrons. The van der Waals surface area contributed by atoms with Gasteiger partial charge in [-0.3, -0.25) is 0 Å². The van der Waals surface area contributed by atoms with Crippen LogP contribution < -0.4 is 15.4 Å². The Morgan fingerprint density at radius 3 is 2.54 bits per heavy atom. The number of hydrogen-bond acceptors (Lipinski definition) is 5. The molecule has 0 bridgehead atoms. The minimum absolute atomic E-state index is 0.252. The summed E-state index contributed by atoms with van der Waals surface area (Å²) in [7, 11) is 3.37. The van der Waals surface area contributed by atoms with Crippen LogP contribution in [-0.2, 0) is 11.3 Å². The fraction of sp³-hybridized carbons (Fsp3) is 0.474. The maximum Gasteiger partial charge on any atom is 0.191 e. The molecule has 142 valence electrons. The molecule has 1 aromatic heterocycles. The van der Waals surface area contributed by atoms with E-state index in [1.54, 1.807) is 25.6 Å². The largest absolute Gasteiger partial charge is 0.497 e. The Hall–Kier alpha value is -2.12. The Kier molecular flexibility index (Phi) is 7.41. The SMILES string of the molecule is CCNC(=NCc1csc(-c2ccc(OC)cc2)n1)NCC(C)(C)OC. The van der Waals surface area contributed by atoms with Crippen molar-refractivity contribution in [2.45, 2.75) is 32.9 Å². The van der Waals surface area contributed by atoms with E-state index in [-0.39, 0.29) is 5.60 Å². The molecule has 2 aromatic rings. The Balaban J connectivity index is 2.01. The van der Waals surface area contributed by atoms with Gasteiger partial charge in [-0.15, -0.1) is 11.3 Å². The molecule has 0 unspecified atom stereocenters. The van der Waals surface area contributed by atoms with Crippen LogP contribution in [0.3, 0.4) is 0 Å². The second-order valence-electron chi connectivity index (χ2n) is 6.39. The summed E-state index contributed by atoms with van der Waals surface area (Å²) in [6, 6.07) is 7.92. The van der Waals surface area contributed by atoms with E-state index in [0.29, 0.717) is 13.1 Å². The summed E-state index contributed by atoms with van der Waals surface area (Å²) in [5.74, 6) is 1.60. The molecule has 0 aliphatic rings. The molecular weight excluding hydrogens is 348 g/mol. The zero-order valence-electron chi connectivity index (χ0n) is 16.1. The van der Waals surface area contributed by atoms with E-state index >= 15 is 0 Å². The molecule has 1 heterocycles. The molecule has 0 saturated carbocycles. The van der Waals surface area contributed by atoms with Crippen LogP contribution in [0.2, 0.25) is 0 Å². The first-order valence-corrected chi connectivity index (χ1v) is 9.51. The van der Waals surface area contributed by atoms with E-state index in [2.05, 4.69) is 20.6 Å². The van der Waals surface area contributed by atoms with Crippen molar-refractivity contribution in [3.63, 3.8) is 0 Å². The van der Waals surface area contributed by atoms with Crippen molar-refractivity contribution in [3.05, 3.63) is 35.3 Å². The highest BCUT2D eigenvalue weighted by Crippen LogP contribution is 2.25. The second kappa shape index (κ2) is 9.54. The predicted octanol–water partition coefficient (Wildman–Crippen LogP) is 3.30. The molecule has 0 saturated heterocycles. The first kappa shape index (κ1) is 20.2. The third kappa shape index (κ3) is 6.00. The molecule has 6 nitrogen and oxygen atoms in total. The van der Waals surface area contributed by atoms with Gasteiger partial charge in [0.1, 0.15) is 10.8 Å². The monoisotopic (exact) mass is 376 g/mol. The summed E-state index contributed by atoms with van der Waals surface area (Å²) in [6.07, 6.45) is 0. The molecule has 2 N–H and O–H groups in total. The van der Waals surface area contributed by atoms with E-state index in [1.165, 1.54) is 0 Å². The Labute approximate surface area is 159 Å². The highest BCUT2D eigenvalue weighted by atomic mass is 32.1. The fourth-order valence-corrected chi connectivity index (χ4v) is 2.93. The lowest BCUT2D eigenvalue weighted by atomic mass is 10.1. The van der Waals surface area contributed by atoms with Gasteiger partial charge >= 0.3 is 0 Å². The number of methoxy groups -OCH3 is 2. The number of nitrogens with one attached hydrogen (secondary N) is 2. The van der Waals surface area contributed by atoms with Gasteiger partial charge in [-0.2, -0.15) is 0 Å². The Morgan fingerprint density at radius 1 is 1.19 bits per heavy atom. The zero-order valence-corrected chi connectivity index (χ0v) is 16.9. The van der Waals surface area contributed by atoms with Crippen molar-refractivity contribution in [2.75, 3.05) is 27.3 Å². The van der Waals surface area contributed by atoms with E-state index in [0.717, 1.165) is 34.5 Å². The molecule has 0 aliphatic carbocycles. The van der Waals surface area contributed by atoms with Gasteiger partial charge in [0.15, 0.2) is 5.96 Å². The number of thiazole rings is 1. The molecule has 0 spiro atoms. The molecule has 7 heteroatoms. The molecule has 2 rings (SSSR count). The Morgan fingerprint density at radius 2 is 1.92 bits per heavy atom. The number of aliphatic imine (C=N–C) groups is 1. The highest BCUT2D eigenvalue weighted by molar-refractivity contribution is 7.13. The molecule has 0 aliphatic heterocycles. The summed E-state index contributed by atoms with van der Waals surface area (Å²) < 4.78 is 10.6. The van der Waals surface area contributed by atoms with E-state index in [1.807, 2.05) is 50.4 Å². The van der Waals surface area contributed by atoms with Crippen molar-refractivity contribution in [1.82, 2.24) is 15.6 Å². The van der Waals surface area contributed by atoms with Crippen molar-refractivity contribution in [2.24, 2.45) is 4.99 Å². The van der Waals surface area contributed by atoms with E-state index in [4.69, 9.17) is 9.47 Å². The first-order valence-electron chi connectivity index (χ1n) is 8.63. The minimum atomic E-state index is -0.252. The standard InChI is InChI=1S/C19H28N4O2S/c1-6-20-18(22-13-19(2,3)25-5)21-11-15-12-26-17(23-15)14-7-9-16(24-4)10-8-14/h7-10,12H,6,11,13H2,1-5H3,(H2,20,21,22). The number of rotatable bonds is 8. The lowest BCUT2D eigenvalue weighted by Crippen LogP contribution is -2.45. The van der Waals surface area contributed by atoms with Crippen molar-refractivity contribution in [3.8, 4) is 16.3 Å². The van der Waals surface area contributed by atoms with Gasteiger partial charge in [-0.25, -0.2) is 9.98 Å². The van der Waals surface area contributed by atoms with Crippen molar-refractivity contribution < 1.29 is 9.47 Å². The van der Waals surface area contributed by atoms with Gasteiger partial charge in [-0.1, -0.05) is 0 Å². The number of guanidine groups is 1. The summed E-state index contributed by atoms with van der Waals surface area (Å²) in [4.78, 5) is 9.30. The van der Waals surface area contributed by atoms with Crippen LogP contribution >= 0.6 is 11.3 Å². The van der Waals surface area contributed by atoms with Crippen LogP contribution in [0.5, 0.6) is 5.75 Å².